The van der Waals surface area contributed by atoms with Crippen molar-refractivity contribution in [3.05, 3.63) is 24.3 Å². The third-order valence-corrected chi connectivity index (χ3v) is 4.71. The van der Waals surface area contributed by atoms with E-state index in [0.717, 1.165) is 37.9 Å². The SMILES string of the molecule is COc1cc2c(S)c3cc4c(cc3cc2c(OC)c1OC)OCO4. The number of thiol groups is 1. The van der Waals surface area contributed by atoms with Crippen LogP contribution in [0.2, 0.25) is 0 Å². The summed E-state index contributed by atoms with van der Waals surface area (Å²) in [4.78, 5) is 0.819. The van der Waals surface area contributed by atoms with Crippen molar-refractivity contribution in [2.45, 2.75) is 4.90 Å². The highest BCUT2D eigenvalue weighted by atomic mass is 32.1. The number of rotatable bonds is 3. The van der Waals surface area contributed by atoms with E-state index in [4.69, 9.17) is 36.3 Å². The first-order valence-electron chi connectivity index (χ1n) is 7.36. The van der Waals surface area contributed by atoms with E-state index in [-0.39, 0.29) is 6.79 Å². The van der Waals surface area contributed by atoms with Gasteiger partial charge in [0.1, 0.15) is 0 Å². The molecule has 0 bridgehead atoms. The Kier molecular flexibility index (Phi) is 3.49. The van der Waals surface area contributed by atoms with Crippen LogP contribution < -0.4 is 23.7 Å². The lowest BCUT2D eigenvalue weighted by Crippen LogP contribution is -1.96. The summed E-state index contributed by atoms with van der Waals surface area (Å²) in [6.07, 6.45) is 0. The highest BCUT2D eigenvalue weighted by Gasteiger charge is 2.21. The van der Waals surface area contributed by atoms with Crippen LogP contribution in [0.1, 0.15) is 0 Å². The van der Waals surface area contributed by atoms with Crippen LogP contribution in [-0.2, 0) is 0 Å². The topological polar surface area (TPSA) is 46.2 Å². The van der Waals surface area contributed by atoms with E-state index >= 15 is 0 Å². The molecule has 1 heterocycles. The summed E-state index contributed by atoms with van der Waals surface area (Å²) in [6.45, 7) is 0.234. The molecule has 1 aliphatic heterocycles. The molecule has 1 aliphatic rings. The summed E-state index contributed by atoms with van der Waals surface area (Å²) in [5.41, 5.74) is 0. The number of fused-ring (bicyclic) bond motifs is 3. The maximum atomic E-state index is 5.59. The van der Waals surface area contributed by atoms with Gasteiger partial charge in [-0.15, -0.1) is 12.6 Å². The van der Waals surface area contributed by atoms with Crippen LogP contribution in [0.4, 0.5) is 0 Å². The summed E-state index contributed by atoms with van der Waals surface area (Å²) >= 11 is 4.74. The fourth-order valence-corrected chi connectivity index (χ4v) is 3.48. The van der Waals surface area contributed by atoms with Gasteiger partial charge in [0.05, 0.1) is 21.3 Å². The molecule has 0 aliphatic carbocycles. The molecule has 0 N–H and O–H groups in total. The minimum absolute atomic E-state index is 0.234. The van der Waals surface area contributed by atoms with E-state index in [1.165, 1.54) is 0 Å². The van der Waals surface area contributed by atoms with Gasteiger partial charge < -0.3 is 23.7 Å². The summed E-state index contributed by atoms with van der Waals surface area (Å²) in [5.74, 6) is 3.22. The zero-order valence-electron chi connectivity index (χ0n) is 13.5. The van der Waals surface area contributed by atoms with Crippen molar-refractivity contribution in [3.63, 3.8) is 0 Å². The Bertz CT molecular complexity index is 967. The molecule has 3 aromatic carbocycles. The van der Waals surface area contributed by atoms with Gasteiger partial charge in [-0.2, -0.15) is 0 Å². The van der Waals surface area contributed by atoms with Gasteiger partial charge in [0, 0.05) is 15.7 Å². The molecule has 6 heteroatoms. The monoisotopic (exact) mass is 344 g/mol. The smallest absolute Gasteiger partial charge is 0.231 e. The normalized spacial score (nSPS) is 12.7. The van der Waals surface area contributed by atoms with Crippen LogP contribution in [0, 0.1) is 0 Å². The Balaban J connectivity index is 2.14. The number of ether oxygens (including phenoxy) is 5. The summed E-state index contributed by atoms with van der Waals surface area (Å²) in [5, 5.41) is 3.78. The number of hydrogen-bond donors (Lipinski definition) is 1. The lowest BCUT2D eigenvalue weighted by atomic mass is 10.0. The molecule has 0 amide bonds. The minimum Gasteiger partial charge on any atom is -0.493 e. The second-order valence-corrected chi connectivity index (χ2v) is 5.84. The van der Waals surface area contributed by atoms with Crippen LogP contribution >= 0.6 is 12.6 Å². The van der Waals surface area contributed by atoms with Crippen LogP contribution in [0.15, 0.2) is 29.2 Å². The van der Waals surface area contributed by atoms with Gasteiger partial charge >= 0.3 is 0 Å². The van der Waals surface area contributed by atoms with E-state index in [0.29, 0.717) is 17.2 Å². The highest BCUT2D eigenvalue weighted by molar-refractivity contribution is 7.80. The van der Waals surface area contributed by atoms with Crippen molar-refractivity contribution < 1.29 is 23.7 Å². The van der Waals surface area contributed by atoms with Gasteiger partial charge in [0.2, 0.25) is 12.5 Å². The first-order valence-corrected chi connectivity index (χ1v) is 7.80. The molecular weight excluding hydrogens is 328 g/mol. The fourth-order valence-electron chi connectivity index (χ4n) is 3.10. The third-order valence-electron chi connectivity index (χ3n) is 4.22. The van der Waals surface area contributed by atoms with Gasteiger partial charge in [-0.05, 0) is 35.0 Å². The van der Waals surface area contributed by atoms with Crippen molar-refractivity contribution in [1.29, 1.82) is 0 Å². The Morgan fingerprint density at radius 3 is 2.17 bits per heavy atom. The van der Waals surface area contributed by atoms with Crippen molar-refractivity contribution in [3.8, 4) is 28.7 Å². The molecule has 0 unspecified atom stereocenters. The van der Waals surface area contributed by atoms with Crippen molar-refractivity contribution in [2.75, 3.05) is 28.1 Å². The predicted octanol–water partition coefficient (Wildman–Crippen LogP) is 4.04. The lowest BCUT2D eigenvalue weighted by Gasteiger charge is -2.17. The highest BCUT2D eigenvalue weighted by Crippen LogP contribution is 2.48. The summed E-state index contributed by atoms with van der Waals surface area (Å²) in [7, 11) is 4.80. The van der Waals surface area contributed by atoms with Crippen molar-refractivity contribution >= 4 is 34.2 Å². The number of methoxy groups -OCH3 is 3. The van der Waals surface area contributed by atoms with Crippen LogP contribution in [-0.4, -0.2) is 28.1 Å². The molecule has 4 rings (SSSR count). The molecular formula is C18H16O5S. The molecule has 0 radical (unpaired) electrons. The second kappa shape index (κ2) is 5.56. The minimum atomic E-state index is 0.234. The first kappa shape index (κ1) is 15.1. The van der Waals surface area contributed by atoms with E-state index in [1.807, 2.05) is 24.3 Å². The predicted molar refractivity (Wildman–Crippen MR) is 94.5 cm³/mol. The molecule has 124 valence electrons. The largest absolute Gasteiger partial charge is 0.493 e. The molecule has 0 fully saturated rings. The third kappa shape index (κ3) is 2.03. The Hall–Kier alpha value is -2.47. The van der Waals surface area contributed by atoms with Crippen molar-refractivity contribution in [1.82, 2.24) is 0 Å². The molecule has 0 aromatic heterocycles. The quantitative estimate of drug-likeness (QED) is 0.574. The average molecular weight is 344 g/mol. The van der Waals surface area contributed by atoms with Crippen LogP contribution in [0.3, 0.4) is 0 Å². The number of benzene rings is 3. The molecule has 0 atom stereocenters. The summed E-state index contributed by atoms with van der Waals surface area (Å²) in [6, 6.07) is 7.84. The Morgan fingerprint density at radius 1 is 0.792 bits per heavy atom. The first-order chi connectivity index (χ1) is 11.7. The molecule has 0 spiro atoms. The molecule has 0 saturated carbocycles. The van der Waals surface area contributed by atoms with Gasteiger partial charge in [0.25, 0.3) is 0 Å². The summed E-state index contributed by atoms with van der Waals surface area (Å²) < 4.78 is 27.5. The lowest BCUT2D eigenvalue weighted by molar-refractivity contribution is 0.174. The van der Waals surface area contributed by atoms with Gasteiger partial charge in [-0.3, -0.25) is 0 Å². The van der Waals surface area contributed by atoms with E-state index in [2.05, 4.69) is 0 Å². The molecule has 5 nitrogen and oxygen atoms in total. The average Bonchev–Trinajstić information content (AvgIpc) is 3.06. The van der Waals surface area contributed by atoms with E-state index in [9.17, 15) is 0 Å². The Labute approximate surface area is 144 Å². The molecule has 0 saturated heterocycles. The Morgan fingerprint density at radius 2 is 1.50 bits per heavy atom. The maximum absolute atomic E-state index is 5.59. The molecule has 3 aromatic rings. The van der Waals surface area contributed by atoms with Crippen LogP contribution in [0.25, 0.3) is 21.5 Å². The second-order valence-electron chi connectivity index (χ2n) is 5.39. The van der Waals surface area contributed by atoms with E-state index < -0.39 is 0 Å². The van der Waals surface area contributed by atoms with Gasteiger partial charge in [-0.25, -0.2) is 0 Å². The van der Waals surface area contributed by atoms with E-state index in [1.54, 1.807) is 21.3 Å². The molecule has 24 heavy (non-hydrogen) atoms. The van der Waals surface area contributed by atoms with Crippen molar-refractivity contribution in [2.24, 2.45) is 0 Å². The van der Waals surface area contributed by atoms with Gasteiger partial charge in [-0.1, -0.05) is 0 Å². The number of hydrogen-bond acceptors (Lipinski definition) is 6. The van der Waals surface area contributed by atoms with Gasteiger partial charge in [0.15, 0.2) is 23.0 Å². The zero-order chi connectivity index (χ0) is 16.8. The maximum Gasteiger partial charge on any atom is 0.231 e. The zero-order valence-corrected chi connectivity index (χ0v) is 14.4. The fraction of sp³-hybridized carbons (Fsp3) is 0.222. The standard InChI is InChI=1S/C18H16O5S/c1-19-15-7-12-11(16(20-2)17(15)21-3)4-9-5-13-14(23-8-22-13)6-10(9)18(12)24/h4-7,24H,8H2,1-3H3. The van der Waals surface area contributed by atoms with Crippen LogP contribution in [0.5, 0.6) is 28.7 Å².